The van der Waals surface area contributed by atoms with Gasteiger partial charge in [0.25, 0.3) is 0 Å². The molecule has 2 rings (SSSR count). The van der Waals surface area contributed by atoms with Crippen LogP contribution in [0.5, 0.6) is 0 Å². The summed E-state index contributed by atoms with van der Waals surface area (Å²) in [5.74, 6) is 0.864. The Morgan fingerprint density at radius 2 is 2.14 bits per heavy atom. The SMILES string of the molecule is CN=C(NCCS(C)(=O)=O)N1CCN(Cc2ccon2)CC1. The summed E-state index contributed by atoms with van der Waals surface area (Å²) in [6, 6.07) is 1.87. The third kappa shape index (κ3) is 5.30. The molecule has 0 saturated carbocycles. The average Bonchev–Trinajstić information content (AvgIpc) is 2.97. The van der Waals surface area contributed by atoms with Gasteiger partial charge in [-0.1, -0.05) is 5.16 Å². The van der Waals surface area contributed by atoms with Crippen molar-refractivity contribution in [2.45, 2.75) is 6.54 Å². The molecule has 0 aliphatic carbocycles. The molecule has 124 valence electrons. The Balaban J connectivity index is 1.76. The molecule has 1 fully saturated rings. The van der Waals surface area contributed by atoms with Gasteiger partial charge in [-0.2, -0.15) is 0 Å². The summed E-state index contributed by atoms with van der Waals surface area (Å²) in [6.45, 7) is 4.65. The van der Waals surface area contributed by atoms with Crippen molar-refractivity contribution in [2.75, 3.05) is 51.8 Å². The minimum atomic E-state index is -2.96. The molecule has 0 spiro atoms. The van der Waals surface area contributed by atoms with E-state index in [4.69, 9.17) is 4.52 Å². The molecule has 1 N–H and O–H groups in total. The van der Waals surface area contributed by atoms with Crippen LogP contribution in [0.4, 0.5) is 0 Å². The number of aromatic nitrogens is 1. The molecule has 1 aromatic heterocycles. The van der Waals surface area contributed by atoms with Gasteiger partial charge in [0.05, 0.1) is 11.4 Å². The van der Waals surface area contributed by atoms with Crippen molar-refractivity contribution in [3.63, 3.8) is 0 Å². The number of piperazine rings is 1. The Kier molecular flexibility index (Phi) is 5.78. The zero-order chi connectivity index (χ0) is 16.0. The van der Waals surface area contributed by atoms with Gasteiger partial charge in [0.1, 0.15) is 16.1 Å². The van der Waals surface area contributed by atoms with Crippen molar-refractivity contribution in [3.8, 4) is 0 Å². The van der Waals surface area contributed by atoms with Crippen molar-refractivity contribution >= 4 is 15.8 Å². The summed E-state index contributed by atoms with van der Waals surface area (Å²) in [4.78, 5) is 8.67. The lowest BCUT2D eigenvalue weighted by atomic mass is 10.3. The molecule has 22 heavy (non-hydrogen) atoms. The first-order valence-electron chi connectivity index (χ1n) is 7.23. The van der Waals surface area contributed by atoms with E-state index in [1.807, 2.05) is 6.07 Å². The van der Waals surface area contributed by atoms with Crippen LogP contribution in [0.2, 0.25) is 0 Å². The number of nitrogens with one attached hydrogen (secondary N) is 1. The average molecular weight is 329 g/mol. The van der Waals surface area contributed by atoms with E-state index >= 15 is 0 Å². The van der Waals surface area contributed by atoms with Gasteiger partial charge in [-0.25, -0.2) is 8.42 Å². The minimum absolute atomic E-state index is 0.109. The van der Waals surface area contributed by atoms with Crippen LogP contribution in [0.15, 0.2) is 21.8 Å². The normalized spacial score (nSPS) is 17.7. The van der Waals surface area contributed by atoms with Crippen LogP contribution in [-0.4, -0.2) is 81.1 Å². The molecule has 8 nitrogen and oxygen atoms in total. The molecule has 0 aromatic carbocycles. The molecule has 1 aliphatic rings. The molecular weight excluding hydrogens is 306 g/mol. The Labute approximate surface area is 131 Å². The van der Waals surface area contributed by atoms with E-state index in [1.54, 1.807) is 13.3 Å². The zero-order valence-electron chi connectivity index (χ0n) is 13.0. The van der Waals surface area contributed by atoms with Gasteiger partial charge in [-0.05, 0) is 0 Å². The van der Waals surface area contributed by atoms with E-state index in [1.165, 1.54) is 6.26 Å². The second kappa shape index (κ2) is 7.59. The van der Waals surface area contributed by atoms with Crippen molar-refractivity contribution in [2.24, 2.45) is 4.99 Å². The summed E-state index contributed by atoms with van der Waals surface area (Å²) in [5.41, 5.74) is 0.934. The Morgan fingerprint density at radius 1 is 1.41 bits per heavy atom. The highest BCUT2D eigenvalue weighted by atomic mass is 32.2. The van der Waals surface area contributed by atoms with Gasteiger partial charge in [-0.3, -0.25) is 9.89 Å². The topological polar surface area (TPSA) is 91.0 Å². The molecule has 1 aromatic rings. The van der Waals surface area contributed by atoms with Gasteiger partial charge in [0.2, 0.25) is 0 Å². The lowest BCUT2D eigenvalue weighted by molar-refractivity contribution is 0.169. The molecule has 0 bridgehead atoms. The number of guanidine groups is 1. The number of sulfone groups is 1. The maximum absolute atomic E-state index is 11.2. The summed E-state index contributed by atoms with van der Waals surface area (Å²) in [5, 5.41) is 7.03. The van der Waals surface area contributed by atoms with Crippen molar-refractivity contribution in [3.05, 3.63) is 18.0 Å². The summed E-state index contributed by atoms with van der Waals surface area (Å²) >= 11 is 0. The van der Waals surface area contributed by atoms with Crippen LogP contribution < -0.4 is 5.32 Å². The summed E-state index contributed by atoms with van der Waals surface area (Å²) < 4.78 is 27.2. The molecule has 9 heteroatoms. The summed E-state index contributed by atoms with van der Waals surface area (Å²) in [6.07, 6.45) is 2.82. The smallest absolute Gasteiger partial charge is 0.193 e. The van der Waals surface area contributed by atoms with E-state index in [0.717, 1.165) is 44.4 Å². The molecule has 1 saturated heterocycles. The van der Waals surface area contributed by atoms with Crippen LogP contribution in [0, 0.1) is 0 Å². The van der Waals surface area contributed by atoms with Crippen molar-refractivity contribution in [1.29, 1.82) is 0 Å². The van der Waals surface area contributed by atoms with E-state index in [9.17, 15) is 8.42 Å². The number of nitrogens with zero attached hydrogens (tertiary/aromatic N) is 4. The fourth-order valence-corrected chi connectivity index (χ4v) is 2.82. The molecule has 0 amide bonds. The standard InChI is InChI=1S/C13H23N5O3S/c1-14-13(15-4-10-22(2,19)20)18-7-5-17(6-8-18)11-12-3-9-21-16-12/h3,9H,4-8,10-11H2,1-2H3,(H,14,15). The molecule has 2 heterocycles. The third-order valence-corrected chi connectivity index (χ3v) is 4.46. The van der Waals surface area contributed by atoms with Crippen LogP contribution in [0.3, 0.4) is 0 Å². The van der Waals surface area contributed by atoms with Gasteiger partial charge >= 0.3 is 0 Å². The van der Waals surface area contributed by atoms with Gasteiger partial charge in [-0.15, -0.1) is 0 Å². The maximum Gasteiger partial charge on any atom is 0.193 e. The monoisotopic (exact) mass is 329 g/mol. The number of hydrogen-bond acceptors (Lipinski definition) is 6. The van der Waals surface area contributed by atoms with Gasteiger partial charge in [0.15, 0.2) is 5.96 Å². The van der Waals surface area contributed by atoms with Crippen LogP contribution in [0.25, 0.3) is 0 Å². The Hall–Kier alpha value is -1.61. The van der Waals surface area contributed by atoms with Crippen molar-refractivity contribution in [1.82, 2.24) is 20.3 Å². The van der Waals surface area contributed by atoms with Crippen LogP contribution >= 0.6 is 0 Å². The van der Waals surface area contributed by atoms with Crippen LogP contribution in [0.1, 0.15) is 5.69 Å². The molecule has 1 aliphatic heterocycles. The minimum Gasteiger partial charge on any atom is -0.364 e. The fourth-order valence-electron chi connectivity index (χ4n) is 2.35. The first-order valence-corrected chi connectivity index (χ1v) is 9.29. The predicted molar refractivity (Wildman–Crippen MR) is 84.4 cm³/mol. The summed E-state index contributed by atoms with van der Waals surface area (Å²) in [7, 11) is -1.24. The molecule has 0 atom stereocenters. The number of rotatable bonds is 5. The molecule has 0 radical (unpaired) electrons. The number of hydrogen-bond donors (Lipinski definition) is 1. The highest BCUT2D eigenvalue weighted by Gasteiger charge is 2.20. The third-order valence-electron chi connectivity index (χ3n) is 3.52. The fraction of sp³-hybridized carbons (Fsp3) is 0.692. The highest BCUT2D eigenvalue weighted by Crippen LogP contribution is 2.07. The Bertz CT molecular complexity index is 577. The molecular formula is C13H23N5O3S. The zero-order valence-corrected chi connectivity index (χ0v) is 13.8. The van der Waals surface area contributed by atoms with E-state index < -0.39 is 9.84 Å². The lowest BCUT2D eigenvalue weighted by Crippen LogP contribution is -2.52. The Morgan fingerprint density at radius 3 is 2.68 bits per heavy atom. The highest BCUT2D eigenvalue weighted by molar-refractivity contribution is 7.90. The van der Waals surface area contributed by atoms with E-state index in [-0.39, 0.29) is 5.75 Å². The second-order valence-electron chi connectivity index (χ2n) is 5.36. The second-order valence-corrected chi connectivity index (χ2v) is 7.62. The first kappa shape index (κ1) is 16.8. The van der Waals surface area contributed by atoms with E-state index in [0.29, 0.717) is 6.54 Å². The lowest BCUT2D eigenvalue weighted by Gasteiger charge is -2.36. The van der Waals surface area contributed by atoms with Crippen molar-refractivity contribution < 1.29 is 12.9 Å². The van der Waals surface area contributed by atoms with E-state index in [2.05, 4.69) is 25.3 Å². The molecule has 0 unspecified atom stereocenters. The van der Waals surface area contributed by atoms with Gasteiger partial charge in [0, 0.05) is 58.6 Å². The first-order chi connectivity index (χ1) is 10.5. The number of aliphatic imine (C=N–C) groups is 1. The largest absolute Gasteiger partial charge is 0.364 e. The predicted octanol–water partition coefficient (Wildman–Crippen LogP) is -0.588. The van der Waals surface area contributed by atoms with Crippen LogP contribution in [-0.2, 0) is 16.4 Å². The quantitative estimate of drug-likeness (QED) is 0.570. The maximum atomic E-state index is 11.2. The van der Waals surface area contributed by atoms with Gasteiger partial charge < -0.3 is 14.7 Å².